The quantitative estimate of drug-likeness (QED) is 0.0481. The Kier molecular flexibility index (Phi) is 20.9. The van der Waals surface area contributed by atoms with Crippen molar-refractivity contribution < 1.29 is 57.2 Å². The third kappa shape index (κ3) is 19.4. The van der Waals surface area contributed by atoms with Gasteiger partial charge < -0.3 is 28.4 Å². The van der Waals surface area contributed by atoms with Crippen molar-refractivity contribution >= 4 is 47.6 Å². The summed E-state index contributed by atoms with van der Waals surface area (Å²) in [5.41, 5.74) is 1.07. The van der Waals surface area contributed by atoms with E-state index in [1.54, 1.807) is 156 Å². The van der Waals surface area contributed by atoms with Crippen molar-refractivity contribution in [3.8, 4) is 34.5 Å². The Hall–Kier alpha value is -6.82. The lowest BCUT2D eigenvalue weighted by atomic mass is 9.85. The van der Waals surface area contributed by atoms with Crippen LogP contribution < -0.4 is 28.4 Å². The van der Waals surface area contributed by atoms with Crippen LogP contribution >= 0.6 is 0 Å². The van der Waals surface area contributed by atoms with Crippen molar-refractivity contribution in [3.05, 3.63) is 118 Å². The Bertz CT molecular complexity index is 2730. The van der Waals surface area contributed by atoms with Crippen LogP contribution in [-0.2, 0) is 24.6 Å². The molecule has 4 rings (SSSR count). The van der Waals surface area contributed by atoms with Gasteiger partial charge in [-0.15, -0.1) is 0 Å². The van der Waals surface area contributed by atoms with Gasteiger partial charge in [-0.1, -0.05) is 34.6 Å². The van der Waals surface area contributed by atoms with E-state index in [1.807, 2.05) is 74.4 Å². The maximum atomic E-state index is 12.9. The van der Waals surface area contributed by atoms with Crippen LogP contribution in [-0.4, -0.2) is 47.7 Å². The van der Waals surface area contributed by atoms with E-state index in [2.05, 4.69) is 0 Å². The Labute approximate surface area is 446 Å². The summed E-state index contributed by atoms with van der Waals surface area (Å²) in [6, 6.07) is 20.2. The number of esters is 4. The van der Waals surface area contributed by atoms with E-state index in [9.17, 15) is 28.8 Å². The number of ketones is 2. The first-order valence-corrected chi connectivity index (χ1v) is 25.5. The second kappa shape index (κ2) is 25.1. The fourth-order valence-electron chi connectivity index (χ4n) is 6.28. The molecule has 4 aromatic carbocycles. The molecule has 0 spiro atoms. The average Bonchev–Trinajstić information content (AvgIpc) is 3.26. The average molecular weight is 1030 g/mol. The summed E-state index contributed by atoms with van der Waals surface area (Å²) in [4.78, 5) is 75.3. The molecule has 0 bridgehead atoms. The normalized spacial score (nSPS) is 12.4. The molecule has 0 fully saturated rings. The fraction of sp³-hybridized carbons (Fsp3) is 0.460. The molecule has 12 heteroatoms. The number of benzene rings is 4. The van der Waals surface area contributed by atoms with Gasteiger partial charge in [0.1, 0.15) is 34.5 Å². The van der Waals surface area contributed by atoms with Crippen molar-refractivity contribution in [2.45, 2.75) is 169 Å². The topological polar surface area (TPSA) is 158 Å². The lowest BCUT2D eigenvalue weighted by molar-refractivity contribution is -0.143. The van der Waals surface area contributed by atoms with E-state index in [1.165, 1.54) is 12.2 Å². The van der Waals surface area contributed by atoms with Crippen LogP contribution in [0.2, 0.25) is 0 Å². The summed E-state index contributed by atoms with van der Waals surface area (Å²) in [5, 5.41) is 0. The molecule has 0 aliphatic rings. The van der Waals surface area contributed by atoms with Gasteiger partial charge in [0.05, 0.1) is 33.9 Å². The second-order valence-corrected chi connectivity index (χ2v) is 24.6. The van der Waals surface area contributed by atoms with E-state index < -0.39 is 21.7 Å². The lowest BCUT2D eigenvalue weighted by Gasteiger charge is -2.26. The fourth-order valence-corrected chi connectivity index (χ4v) is 6.28. The Morgan fingerprint density at radius 1 is 0.400 bits per heavy atom. The highest BCUT2D eigenvalue weighted by Gasteiger charge is 2.30. The number of hydrogen-bond donors (Lipinski definition) is 0. The molecule has 0 aromatic heterocycles. The smallest absolute Gasteiger partial charge is 0.316 e. The minimum atomic E-state index is -0.667. The molecule has 0 atom stereocenters. The summed E-state index contributed by atoms with van der Waals surface area (Å²) in [6.07, 6.45) is 6.11. The maximum Gasteiger partial charge on any atom is 0.316 e. The third-order valence-electron chi connectivity index (χ3n) is 10.8. The zero-order chi connectivity index (χ0) is 57.2. The molecule has 12 nitrogen and oxygen atoms in total. The molecule has 0 saturated carbocycles. The van der Waals surface area contributed by atoms with Crippen LogP contribution in [0.25, 0.3) is 12.2 Å². The summed E-state index contributed by atoms with van der Waals surface area (Å²) in [6.45, 7) is 39.3. The first-order valence-electron chi connectivity index (χ1n) is 25.5. The maximum absolute atomic E-state index is 12.9. The van der Waals surface area contributed by atoms with Crippen LogP contribution in [0, 0.1) is 21.7 Å². The predicted octanol–water partition coefficient (Wildman–Crippen LogP) is 15.0. The molecular formula is C63H82O12. The summed E-state index contributed by atoms with van der Waals surface area (Å²) in [5.74, 6) is 0.976. The highest BCUT2D eigenvalue weighted by atomic mass is 16.6. The van der Waals surface area contributed by atoms with Gasteiger partial charge in [0.25, 0.3) is 0 Å². The molecule has 0 heterocycles. The van der Waals surface area contributed by atoms with E-state index in [0.717, 1.165) is 11.1 Å². The number of carbonyl (C=O) groups excluding carboxylic acids is 6. The minimum Gasteiger partial charge on any atom is -0.490 e. The van der Waals surface area contributed by atoms with Gasteiger partial charge >= 0.3 is 23.9 Å². The lowest BCUT2D eigenvalue weighted by Crippen LogP contribution is -2.27. The molecule has 0 N–H and O–H groups in total. The van der Waals surface area contributed by atoms with Gasteiger partial charge in [-0.05, 0) is 213 Å². The number of rotatable bonds is 15. The number of hydrogen-bond acceptors (Lipinski definition) is 12. The van der Waals surface area contributed by atoms with Gasteiger partial charge in [-0.25, -0.2) is 0 Å². The van der Waals surface area contributed by atoms with E-state index in [0.29, 0.717) is 56.8 Å². The largest absolute Gasteiger partial charge is 0.490 e. The molecule has 4 aromatic rings. The number of allylic oxidation sites excluding steroid dienone is 2. The number of ether oxygens (including phenoxy) is 6. The van der Waals surface area contributed by atoms with E-state index in [-0.39, 0.29) is 59.0 Å². The van der Waals surface area contributed by atoms with Crippen molar-refractivity contribution in [3.63, 3.8) is 0 Å². The molecule has 0 amide bonds. The SMILES string of the molecule is CC(C)Oc1cc(OC(=O)C(C)(C)C)c(C(C)(C)C)cc1C=CC(=O)c1ccc(OC(=O)C(C)(C)C)cc1.CC(C)Oc1cc(OC(=O)C(C)(C)C)c(C(C)C)cc1C=CC(=O)c1ccc(OC(=O)C(C)(C)C)cc1. The van der Waals surface area contributed by atoms with Crippen LogP contribution in [0.5, 0.6) is 34.5 Å². The van der Waals surface area contributed by atoms with Crippen LogP contribution in [0.15, 0.2) is 84.9 Å². The first kappa shape index (κ1) is 62.5. The predicted molar refractivity (Wildman–Crippen MR) is 297 cm³/mol. The van der Waals surface area contributed by atoms with Gasteiger partial charge in [0.2, 0.25) is 0 Å². The Balaban J connectivity index is 0.000000395. The Morgan fingerprint density at radius 3 is 1.04 bits per heavy atom. The molecule has 0 aliphatic carbocycles. The van der Waals surface area contributed by atoms with Gasteiger partial charge in [-0.2, -0.15) is 0 Å². The monoisotopic (exact) mass is 1030 g/mol. The highest BCUT2D eigenvalue weighted by molar-refractivity contribution is 6.07. The second-order valence-electron chi connectivity index (χ2n) is 24.6. The molecule has 0 aliphatic heterocycles. The van der Waals surface area contributed by atoms with Gasteiger partial charge in [0.15, 0.2) is 11.6 Å². The molecular weight excluding hydrogens is 949 g/mol. The van der Waals surface area contributed by atoms with Gasteiger partial charge in [0, 0.05) is 39.9 Å². The van der Waals surface area contributed by atoms with Gasteiger partial charge in [-0.3, -0.25) is 28.8 Å². The Morgan fingerprint density at radius 2 is 0.720 bits per heavy atom. The zero-order valence-corrected chi connectivity index (χ0v) is 48.4. The zero-order valence-electron chi connectivity index (χ0n) is 48.4. The minimum absolute atomic E-state index is 0.0714. The number of carbonyl (C=O) groups is 6. The van der Waals surface area contributed by atoms with Crippen LogP contribution in [0.3, 0.4) is 0 Å². The van der Waals surface area contributed by atoms with Crippen molar-refractivity contribution in [1.82, 2.24) is 0 Å². The highest BCUT2D eigenvalue weighted by Crippen LogP contribution is 2.40. The third-order valence-corrected chi connectivity index (χ3v) is 10.8. The van der Waals surface area contributed by atoms with Crippen molar-refractivity contribution in [1.29, 1.82) is 0 Å². The molecule has 406 valence electrons. The summed E-state index contributed by atoms with van der Waals surface area (Å²) in [7, 11) is 0. The molecule has 75 heavy (non-hydrogen) atoms. The molecule has 0 radical (unpaired) electrons. The summed E-state index contributed by atoms with van der Waals surface area (Å²) < 4.78 is 34.4. The van der Waals surface area contributed by atoms with E-state index in [4.69, 9.17) is 28.4 Å². The summed E-state index contributed by atoms with van der Waals surface area (Å²) >= 11 is 0. The van der Waals surface area contributed by atoms with Crippen molar-refractivity contribution in [2.24, 2.45) is 21.7 Å². The standard InChI is InChI=1S/C32H42O6.C31H40O6/c1-20(2)36-26-19-27(38-29(35)32(9,10)11)24(30(3,4)5)18-22(26)14-17-25(33)21-12-15-23(16-13-21)37-28(34)31(6,7)8;1-19(2)24-17-22(26(35-20(3)4)18-27(24)37-29(34)31(8,9)10)13-16-25(32)21-11-14-23(15-12-21)36-28(33)30(5,6)7/h12-20H,1-11H3;11-20H,1-10H3. The molecule has 0 saturated heterocycles. The van der Waals surface area contributed by atoms with Crippen molar-refractivity contribution in [2.75, 3.05) is 0 Å². The first-order chi connectivity index (χ1) is 34.3. The van der Waals surface area contributed by atoms with Crippen LogP contribution in [0.1, 0.15) is 194 Å². The van der Waals surface area contributed by atoms with Crippen LogP contribution in [0.4, 0.5) is 0 Å². The van der Waals surface area contributed by atoms with E-state index >= 15 is 0 Å². The molecule has 0 unspecified atom stereocenters.